The maximum Gasteiger partial charge on any atom is 0.149 e. The highest BCUT2D eigenvalue weighted by Gasteiger charge is 1.97. The second-order valence-corrected chi connectivity index (χ2v) is 2.26. The van der Waals surface area contributed by atoms with Crippen molar-refractivity contribution in [3.05, 3.63) is 0 Å². The molecule has 0 aromatic rings. The van der Waals surface area contributed by atoms with E-state index in [2.05, 4.69) is 12.2 Å². The average Bonchev–Trinajstić information content (AvgIpc) is 1.98. The Bertz CT molecular complexity index is 85.7. The minimum absolute atomic E-state index is 0.378. The number of rotatable bonds is 6. The molecule has 0 spiro atoms. The van der Waals surface area contributed by atoms with Crippen LogP contribution in [0.1, 0.15) is 19.8 Å². The maximum atomic E-state index is 9.88. The maximum absolute atomic E-state index is 9.88. The van der Waals surface area contributed by atoms with Crippen molar-refractivity contribution in [2.75, 3.05) is 13.1 Å². The second-order valence-electron chi connectivity index (χ2n) is 2.26. The smallest absolute Gasteiger partial charge is 0.149 e. The molecule has 3 nitrogen and oxygen atoms in total. The molecule has 1 atom stereocenters. The van der Waals surface area contributed by atoms with Crippen LogP contribution in [-0.2, 0) is 4.79 Å². The van der Waals surface area contributed by atoms with Gasteiger partial charge in [-0.25, -0.2) is 0 Å². The summed E-state index contributed by atoms with van der Waals surface area (Å²) < 4.78 is 0. The lowest BCUT2D eigenvalue weighted by molar-refractivity contribution is -0.114. The van der Waals surface area contributed by atoms with Crippen LogP contribution in [0.15, 0.2) is 0 Å². The first-order valence-electron chi connectivity index (χ1n) is 3.65. The van der Waals surface area contributed by atoms with E-state index in [9.17, 15) is 4.79 Å². The molecule has 0 bridgehead atoms. The van der Waals surface area contributed by atoms with E-state index in [4.69, 9.17) is 5.11 Å². The lowest BCUT2D eigenvalue weighted by Gasteiger charge is -2.03. The van der Waals surface area contributed by atoms with E-state index in [0.29, 0.717) is 12.8 Å². The first-order valence-corrected chi connectivity index (χ1v) is 3.65. The van der Waals surface area contributed by atoms with Crippen LogP contribution in [0.2, 0.25) is 0 Å². The Kier molecular flexibility index (Phi) is 6.43. The lowest BCUT2D eigenvalue weighted by Crippen LogP contribution is -2.28. The molecule has 60 valence electrons. The summed E-state index contributed by atoms with van der Waals surface area (Å²) in [5, 5.41) is 11.7. The van der Waals surface area contributed by atoms with Gasteiger partial charge in [-0.1, -0.05) is 13.3 Å². The van der Waals surface area contributed by atoms with Crippen LogP contribution in [0.4, 0.5) is 0 Å². The van der Waals surface area contributed by atoms with Crippen molar-refractivity contribution >= 4 is 6.29 Å². The zero-order chi connectivity index (χ0) is 7.82. The number of aliphatic hydroxyl groups is 1. The average molecular weight is 145 g/mol. The molecule has 0 rings (SSSR count). The van der Waals surface area contributed by atoms with Crippen LogP contribution in [-0.4, -0.2) is 30.6 Å². The van der Waals surface area contributed by atoms with E-state index in [1.54, 1.807) is 0 Å². The highest BCUT2D eigenvalue weighted by molar-refractivity contribution is 5.55. The second kappa shape index (κ2) is 6.71. The number of unbranched alkanes of at least 4 members (excludes halogenated alkanes) is 1. The Hall–Kier alpha value is -0.410. The zero-order valence-electron chi connectivity index (χ0n) is 6.34. The van der Waals surface area contributed by atoms with Gasteiger partial charge >= 0.3 is 0 Å². The Morgan fingerprint density at radius 1 is 1.70 bits per heavy atom. The SMILES string of the molecule is CCCCNC[C@H](O)C=O. The Morgan fingerprint density at radius 3 is 2.90 bits per heavy atom. The van der Waals surface area contributed by atoms with Gasteiger partial charge in [0.1, 0.15) is 12.4 Å². The molecule has 0 heterocycles. The molecule has 0 amide bonds. The van der Waals surface area contributed by atoms with Gasteiger partial charge < -0.3 is 15.2 Å². The van der Waals surface area contributed by atoms with Gasteiger partial charge in [-0.15, -0.1) is 0 Å². The number of hydrogen-bond donors (Lipinski definition) is 2. The van der Waals surface area contributed by atoms with E-state index >= 15 is 0 Å². The molecule has 0 aromatic carbocycles. The van der Waals surface area contributed by atoms with Crippen LogP contribution in [0, 0.1) is 0 Å². The quantitative estimate of drug-likeness (QED) is 0.406. The normalized spacial score (nSPS) is 13.0. The lowest BCUT2D eigenvalue weighted by atomic mass is 10.3. The van der Waals surface area contributed by atoms with Gasteiger partial charge in [-0.05, 0) is 13.0 Å². The van der Waals surface area contributed by atoms with Crippen molar-refractivity contribution in [3.63, 3.8) is 0 Å². The summed E-state index contributed by atoms with van der Waals surface area (Å²) in [6.45, 7) is 3.35. The number of aldehydes is 1. The third kappa shape index (κ3) is 5.72. The molecule has 3 heteroatoms. The highest BCUT2D eigenvalue weighted by atomic mass is 16.3. The molecule has 0 unspecified atom stereocenters. The zero-order valence-corrected chi connectivity index (χ0v) is 6.34. The predicted octanol–water partition coefficient (Wildman–Crippen LogP) is -0.0641. The fourth-order valence-corrected chi connectivity index (χ4v) is 0.600. The minimum atomic E-state index is -0.836. The minimum Gasteiger partial charge on any atom is -0.384 e. The third-order valence-electron chi connectivity index (χ3n) is 1.22. The van der Waals surface area contributed by atoms with Crippen LogP contribution in [0.25, 0.3) is 0 Å². The van der Waals surface area contributed by atoms with Gasteiger partial charge in [0.2, 0.25) is 0 Å². The van der Waals surface area contributed by atoms with Crippen molar-refractivity contribution in [1.29, 1.82) is 0 Å². The topological polar surface area (TPSA) is 49.3 Å². The van der Waals surface area contributed by atoms with Gasteiger partial charge in [-0.3, -0.25) is 0 Å². The molecule has 0 aromatic heterocycles. The van der Waals surface area contributed by atoms with E-state index < -0.39 is 6.10 Å². The van der Waals surface area contributed by atoms with Crippen molar-refractivity contribution in [1.82, 2.24) is 5.32 Å². The largest absolute Gasteiger partial charge is 0.384 e. The van der Waals surface area contributed by atoms with Crippen molar-refractivity contribution in [2.45, 2.75) is 25.9 Å². The van der Waals surface area contributed by atoms with Crippen molar-refractivity contribution in [2.24, 2.45) is 0 Å². The van der Waals surface area contributed by atoms with Crippen LogP contribution in [0.3, 0.4) is 0 Å². The molecule has 0 aliphatic rings. The van der Waals surface area contributed by atoms with E-state index in [1.165, 1.54) is 0 Å². The van der Waals surface area contributed by atoms with Crippen molar-refractivity contribution in [3.8, 4) is 0 Å². The number of nitrogens with one attached hydrogen (secondary N) is 1. The number of carbonyl (C=O) groups is 1. The third-order valence-corrected chi connectivity index (χ3v) is 1.22. The summed E-state index contributed by atoms with van der Waals surface area (Å²) in [4.78, 5) is 9.88. The molecule has 0 fully saturated rings. The van der Waals surface area contributed by atoms with E-state index in [-0.39, 0.29) is 0 Å². The summed E-state index contributed by atoms with van der Waals surface area (Å²) in [7, 11) is 0. The van der Waals surface area contributed by atoms with E-state index in [1.807, 2.05) is 0 Å². The molecular weight excluding hydrogens is 130 g/mol. The molecule has 0 saturated carbocycles. The fourth-order valence-electron chi connectivity index (χ4n) is 0.600. The van der Waals surface area contributed by atoms with Crippen LogP contribution in [0.5, 0.6) is 0 Å². The summed E-state index contributed by atoms with van der Waals surface area (Å²) in [5.74, 6) is 0. The monoisotopic (exact) mass is 145 g/mol. The van der Waals surface area contributed by atoms with E-state index in [0.717, 1.165) is 19.4 Å². The first-order chi connectivity index (χ1) is 4.81. The van der Waals surface area contributed by atoms with Gasteiger partial charge in [0.15, 0.2) is 0 Å². The summed E-state index contributed by atoms with van der Waals surface area (Å²) in [6.07, 6.45) is 1.92. The number of carbonyl (C=O) groups excluding carboxylic acids is 1. The summed E-state index contributed by atoms with van der Waals surface area (Å²) in [6, 6.07) is 0. The van der Waals surface area contributed by atoms with Crippen LogP contribution < -0.4 is 5.32 Å². The molecule has 0 aliphatic heterocycles. The van der Waals surface area contributed by atoms with Crippen LogP contribution >= 0.6 is 0 Å². The molecule has 2 N–H and O–H groups in total. The fraction of sp³-hybridized carbons (Fsp3) is 0.857. The molecule has 0 radical (unpaired) electrons. The highest BCUT2D eigenvalue weighted by Crippen LogP contribution is 1.82. The Morgan fingerprint density at radius 2 is 2.40 bits per heavy atom. The molecule has 10 heavy (non-hydrogen) atoms. The summed E-state index contributed by atoms with van der Waals surface area (Å²) >= 11 is 0. The Balaban J connectivity index is 2.95. The molecule has 0 aliphatic carbocycles. The van der Waals surface area contributed by atoms with Crippen molar-refractivity contribution < 1.29 is 9.90 Å². The standard InChI is InChI=1S/C7H15NO2/c1-2-3-4-8-5-7(10)6-9/h6-8,10H,2-5H2,1H3/t7-/m0/s1. The molecule has 0 saturated heterocycles. The molecular formula is C7H15NO2. The first kappa shape index (κ1) is 9.59. The van der Waals surface area contributed by atoms with Gasteiger partial charge in [0.05, 0.1) is 0 Å². The predicted molar refractivity (Wildman–Crippen MR) is 39.8 cm³/mol. The number of aliphatic hydroxyl groups excluding tert-OH is 1. The number of hydrogen-bond acceptors (Lipinski definition) is 3. The van der Waals surface area contributed by atoms with Gasteiger partial charge in [0.25, 0.3) is 0 Å². The van der Waals surface area contributed by atoms with Gasteiger partial charge in [-0.2, -0.15) is 0 Å². The summed E-state index contributed by atoms with van der Waals surface area (Å²) in [5.41, 5.74) is 0. The Labute approximate surface area is 61.4 Å². The van der Waals surface area contributed by atoms with Gasteiger partial charge in [0, 0.05) is 6.54 Å².